The van der Waals surface area contributed by atoms with Crippen LogP contribution in [0.15, 0.2) is 12.7 Å². The molecule has 5 unspecified atom stereocenters. The number of Topliss-reactive ketones (excluding diaryl/α,β-unsaturated/α-hetero) is 1. The van der Waals surface area contributed by atoms with Gasteiger partial charge in [-0.1, -0.05) is 101 Å². The Labute approximate surface area is 338 Å². The Bertz CT molecular complexity index is 1160. The van der Waals surface area contributed by atoms with E-state index in [1.54, 1.807) is 29.6 Å². The zero-order valence-electron chi connectivity index (χ0n) is 36.8. The molecule has 2 fully saturated rings. The number of rotatable bonds is 16. The quantitative estimate of drug-likeness (QED) is 0.0644. The highest BCUT2D eigenvalue weighted by atomic mass is 32.2. The van der Waals surface area contributed by atoms with E-state index >= 15 is 0 Å². The first kappa shape index (κ1) is 56.3. The zero-order valence-corrected chi connectivity index (χ0v) is 37.7. The van der Waals surface area contributed by atoms with Crippen LogP contribution < -0.4 is 21.3 Å². The van der Waals surface area contributed by atoms with Gasteiger partial charge in [-0.3, -0.25) is 14.4 Å². The summed E-state index contributed by atoms with van der Waals surface area (Å²) in [5.74, 6) is 2.16. The fraction of sp³-hybridized carbons (Fsp3) is 0.786. The normalized spacial score (nSPS) is 17.3. The number of nitrogens with zero attached hydrogens (tertiary/aromatic N) is 2. The van der Waals surface area contributed by atoms with Gasteiger partial charge in [0.2, 0.25) is 11.7 Å². The molecule has 320 valence electrons. The van der Waals surface area contributed by atoms with Crippen molar-refractivity contribution in [3.05, 3.63) is 12.7 Å². The molecule has 0 aromatic heterocycles. The lowest BCUT2D eigenvalue weighted by Crippen LogP contribution is -2.59. The maximum atomic E-state index is 13.4. The number of aldehydes is 1. The minimum absolute atomic E-state index is 0.0822. The van der Waals surface area contributed by atoms with E-state index < -0.39 is 34.8 Å². The van der Waals surface area contributed by atoms with E-state index in [0.717, 1.165) is 50.7 Å². The minimum atomic E-state index is -1.14. The number of nitrogens with one attached hydrogen (secondary N) is 4. The molecule has 12 nitrogen and oxygen atoms in total. The molecule has 13 heteroatoms. The van der Waals surface area contributed by atoms with Gasteiger partial charge < -0.3 is 31.0 Å². The molecule has 1 saturated heterocycles. The predicted molar refractivity (Wildman–Crippen MR) is 230 cm³/mol. The van der Waals surface area contributed by atoms with Gasteiger partial charge in [0.15, 0.2) is 0 Å². The van der Waals surface area contributed by atoms with Crippen LogP contribution >= 0.6 is 0 Å². The van der Waals surface area contributed by atoms with E-state index in [9.17, 15) is 28.2 Å². The van der Waals surface area contributed by atoms with Crippen molar-refractivity contribution in [1.82, 2.24) is 30.5 Å². The van der Waals surface area contributed by atoms with Gasteiger partial charge >= 0.3 is 6.03 Å². The van der Waals surface area contributed by atoms with Crippen LogP contribution in [0.2, 0.25) is 0 Å². The number of ketones is 1. The lowest BCUT2D eigenvalue weighted by Gasteiger charge is -2.36. The van der Waals surface area contributed by atoms with Gasteiger partial charge in [0.25, 0.3) is 5.91 Å². The Kier molecular flexibility index (Phi) is 33.8. The molecule has 0 aromatic rings. The number of urea groups is 1. The molecule has 1 saturated carbocycles. The van der Waals surface area contributed by atoms with Crippen LogP contribution in [-0.4, -0.2) is 107 Å². The third kappa shape index (κ3) is 24.2. The summed E-state index contributed by atoms with van der Waals surface area (Å²) in [6.45, 7) is 25.4. The Morgan fingerprint density at radius 3 is 2.02 bits per heavy atom. The van der Waals surface area contributed by atoms with E-state index in [1.807, 2.05) is 48.5 Å². The number of carbonyl (C=O) groups excluding carboxylic acids is 5. The molecular weight excluding hydrogens is 717 g/mol. The van der Waals surface area contributed by atoms with Crippen molar-refractivity contribution in [2.24, 2.45) is 17.3 Å². The highest BCUT2D eigenvalue weighted by Gasteiger charge is 2.39. The van der Waals surface area contributed by atoms with Gasteiger partial charge in [-0.25, -0.2) is 13.3 Å². The molecule has 1 aliphatic carbocycles. The van der Waals surface area contributed by atoms with E-state index in [1.165, 1.54) is 12.5 Å². The van der Waals surface area contributed by atoms with E-state index in [2.05, 4.69) is 54.5 Å². The summed E-state index contributed by atoms with van der Waals surface area (Å²) < 4.78 is 13.5. The lowest BCUT2D eigenvalue weighted by molar-refractivity contribution is -0.139. The van der Waals surface area contributed by atoms with Crippen molar-refractivity contribution in [2.45, 2.75) is 158 Å². The molecule has 0 spiro atoms. The number of likely N-dealkylation sites (tertiary alicyclic amines) is 1. The maximum absolute atomic E-state index is 13.4. The first-order valence-electron chi connectivity index (χ1n) is 20.4. The lowest BCUT2D eigenvalue weighted by atomic mass is 9.83. The molecule has 1 aliphatic heterocycles. The topological polar surface area (TPSA) is 157 Å². The summed E-state index contributed by atoms with van der Waals surface area (Å²) in [7, 11) is 2.24. The Balaban J connectivity index is -0.000000937. The number of hydrogen-bond acceptors (Lipinski definition) is 7. The molecule has 5 atom stereocenters. The average molecular weight is 797 g/mol. The monoisotopic (exact) mass is 797 g/mol. The third-order valence-corrected chi connectivity index (χ3v) is 10.4. The molecule has 4 amide bonds. The SMILES string of the molecule is C#CCCC(NC)C(=O)C(=O)NCC=C.CC.CC.CCC(C)C.CN(CC(NC(=O)NC(C(=O)N1CCCC1C=O)C1CCCCC1)C(C)(C)C)S(C)=O. The Hall–Kier alpha value is -3.08. The summed E-state index contributed by atoms with van der Waals surface area (Å²) in [5.41, 5.74) is -0.257. The van der Waals surface area contributed by atoms with Crippen LogP contribution in [0, 0.1) is 29.6 Å². The van der Waals surface area contributed by atoms with Crippen LogP contribution in [0.5, 0.6) is 0 Å². The smallest absolute Gasteiger partial charge is 0.315 e. The molecule has 2 rings (SSSR count). The van der Waals surface area contributed by atoms with Crippen molar-refractivity contribution in [1.29, 1.82) is 0 Å². The summed E-state index contributed by atoms with van der Waals surface area (Å²) in [4.78, 5) is 62.2. The molecule has 1 heterocycles. The van der Waals surface area contributed by atoms with Crippen LogP contribution in [0.4, 0.5) is 4.79 Å². The van der Waals surface area contributed by atoms with E-state index in [4.69, 9.17) is 6.42 Å². The van der Waals surface area contributed by atoms with Crippen molar-refractivity contribution in [2.75, 3.05) is 40.0 Å². The summed E-state index contributed by atoms with van der Waals surface area (Å²) in [6.07, 6.45) is 17.8. The summed E-state index contributed by atoms with van der Waals surface area (Å²) >= 11 is 0. The number of likely N-dealkylation sites (N-methyl/N-ethyl adjacent to an activating group) is 2. The summed E-state index contributed by atoms with van der Waals surface area (Å²) in [5, 5.41) is 11.2. The standard InChI is InChI=1S/C22H40N4O4S.C11H16N2O2.C5H12.2C2H6/c1-22(2,3)18(14-25(4)31(5)30)23-21(29)24-19(16-10-7-6-8-11-16)20(28)26-13-9-12-17(26)15-27;1-4-6-7-9(12-3)10(14)11(15)13-8-5-2;1-4-5(2)3;2*1-2/h15-19H,6-14H2,1-5H3,(H2,23,24,29);1,5,9,12H,2,6-8H2,3H3,(H,13,15);5H,4H2,1-3H3;2*1-2H3. The second-order valence-electron chi connectivity index (χ2n) is 14.8. The largest absolute Gasteiger partial charge is 0.346 e. The Morgan fingerprint density at radius 2 is 1.58 bits per heavy atom. The van der Waals surface area contributed by atoms with Crippen molar-refractivity contribution >= 4 is 40.9 Å². The van der Waals surface area contributed by atoms with E-state index in [-0.39, 0.29) is 41.9 Å². The van der Waals surface area contributed by atoms with Crippen LogP contribution in [0.3, 0.4) is 0 Å². The van der Waals surface area contributed by atoms with Gasteiger partial charge in [0.05, 0.1) is 23.1 Å². The fourth-order valence-electron chi connectivity index (χ4n) is 5.52. The van der Waals surface area contributed by atoms with Gasteiger partial charge in [-0.05, 0) is 63.5 Å². The molecule has 4 N–H and O–H groups in total. The number of hydrogen-bond donors (Lipinski definition) is 4. The number of amides is 4. The zero-order chi connectivity index (χ0) is 43.1. The number of terminal acetylenes is 1. The van der Waals surface area contributed by atoms with Gasteiger partial charge in [-0.15, -0.1) is 18.9 Å². The van der Waals surface area contributed by atoms with E-state index in [0.29, 0.717) is 32.4 Å². The highest BCUT2D eigenvalue weighted by Crippen LogP contribution is 2.29. The second-order valence-corrected chi connectivity index (χ2v) is 16.2. The predicted octanol–water partition coefficient (Wildman–Crippen LogP) is 6.03. The first-order chi connectivity index (χ1) is 26.0. The molecule has 0 radical (unpaired) electrons. The van der Waals surface area contributed by atoms with Crippen molar-refractivity contribution in [3.8, 4) is 12.3 Å². The summed E-state index contributed by atoms with van der Waals surface area (Å²) in [6, 6.07) is -2.16. The van der Waals surface area contributed by atoms with Crippen LogP contribution in [0.1, 0.15) is 133 Å². The fourth-order valence-corrected chi connectivity index (χ4v) is 5.88. The van der Waals surface area contributed by atoms with Crippen LogP contribution in [-0.2, 0) is 30.2 Å². The van der Waals surface area contributed by atoms with Crippen molar-refractivity contribution < 1.29 is 28.2 Å². The molecule has 2 aliphatic rings. The molecule has 0 aromatic carbocycles. The Morgan fingerprint density at radius 1 is 1.02 bits per heavy atom. The van der Waals surface area contributed by atoms with Gasteiger partial charge in [0.1, 0.15) is 12.3 Å². The average Bonchev–Trinajstić information content (AvgIpc) is 3.67. The highest BCUT2D eigenvalue weighted by molar-refractivity contribution is 7.81. The van der Waals surface area contributed by atoms with Gasteiger partial charge in [0, 0.05) is 38.4 Å². The van der Waals surface area contributed by atoms with Crippen LogP contribution in [0.25, 0.3) is 0 Å². The first-order valence-corrected chi connectivity index (χ1v) is 21.9. The maximum Gasteiger partial charge on any atom is 0.315 e. The minimum Gasteiger partial charge on any atom is -0.346 e. The van der Waals surface area contributed by atoms with Crippen molar-refractivity contribution in [3.63, 3.8) is 0 Å². The number of carbonyl (C=O) groups is 5. The molecule has 55 heavy (non-hydrogen) atoms. The second kappa shape index (κ2) is 33.1. The molecule has 0 bridgehead atoms. The van der Waals surface area contributed by atoms with Gasteiger partial charge in [-0.2, -0.15) is 0 Å². The third-order valence-electron chi connectivity index (χ3n) is 9.33. The molecular formula is C42H80N6O6S.